The number of carbonyl (C=O) groups excluding carboxylic acids is 1. The number of nitrogens with zero attached hydrogens (tertiary/aromatic N) is 1. The fourth-order valence-electron chi connectivity index (χ4n) is 1.22. The van der Waals surface area contributed by atoms with Crippen LogP contribution in [0, 0.1) is 5.92 Å². The van der Waals surface area contributed by atoms with Crippen molar-refractivity contribution in [2.75, 3.05) is 32.6 Å². The van der Waals surface area contributed by atoms with E-state index < -0.39 is 15.9 Å². The van der Waals surface area contributed by atoms with Crippen molar-refractivity contribution in [2.24, 2.45) is 11.7 Å². The standard InChI is InChI=1S/C7H14N2O4S/c1-14(11,12)9-2-6(3-9)4-13-5-7(8)10/h6H,2-5H2,1H3,(H2,8,10). The molecule has 7 heteroatoms. The summed E-state index contributed by atoms with van der Waals surface area (Å²) in [6, 6.07) is 0. The summed E-state index contributed by atoms with van der Waals surface area (Å²) in [5.41, 5.74) is 4.86. The van der Waals surface area contributed by atoms with E-state index in [1.54, 1.807) is 0 Å². The van der Waals surface area contributed by atoms with Crippen molar-refractivity contribution >= 4 is 15.9 Å². The topological polar surface area (TPSA) is 89.7 Å². The molecule has 14 heavy (non-hydrogen) atoms. The number of amides is 1. The van der Waals surface area contributed by atoms with Crippen molar-refractivity contribution in [3.63, 3.8) is 0 Å². The molecular weight excluding hydrogens is 208 g/mol. The molecule has 1 aliphatic rings. The number of carbonyl (C=O) groups is 1. The van der Waals surface area contributed by atoms with Crippen LogP contribution in [0.3, 0.4) is 0 Å². The molecule has 0 aromatic rings. The molecule has 1 heterocycles. The van der Waals surface area contributed by atoms with Gasteiger partial charge >= 0.3 is 0 Å². The molecule has 1 saturated heterocycles. The molecule has 0 spiro atoms. The fourth-order valence-corrected chi connectivity index (χ4v) is 2.19. The first-order chi connectivity index (χ1) is 6.39. The summed E-state index contributed by atoms with van der Waals surface area (Å²) in [6.45, 7) is 1.22. The van der Waals surface area contributed by atoms with Crippen LogP contribution >= 0.6 is 0 Å². The number of nitrogens with two attached hydrogens (primary N) is 1. The van der Waals surface area contributed by atoms with Crippen molar-refractivity contribution in [1.82, 2.24) is 4.31 Å². The molecule has 0 unspecified atom stereocenters. The predicted octanol–water partition coefficient (Wildman–Crippen LogP) is -1.62. The van der Waals surface area contributed by atoms with Gasteiger partial charge in [0, 0.05) is 19.0 Å². The number of rotatable bonds is 5. The third-order valence-electron chi connectivity index (χ3n) is 1.99. The van der Waals surface area contributed by atoms with E-state index in [4.69, 9.17) is 10.5 Å². The largest absolute Gasteiger partial charge is 0.371 e. The normalized spacial score (nSPS) is 19.2. The quantitative estimate of drug-likeness (QED) is 0.605. The summed E-state index contributed by atoms with van der Waals surface area (Å²) < 4.78 is 28.2. The molecule has 1 amide bonds. The Kier molecular flexibility index (Phi) is 3.46. The maximum Gasteiger partial charge on any atom is 0.243 e. The molecule has 1 rings (SSSR count). The molecule has 82 valence electrons. The second-order valence-corrected chi connectivity index (χ2v) is 5.41. The third kappa shape index (κ3) is 3.24. The van der Waals surface area contributed by atoms with E-state index in [2.05, 4.69) is 0 Å². The van der Waals surface area contributed by atoms with E-state index in [1.807, 2.05) is 0 Å². The Morgan fingerprint density at radius 2 is 2.14 bits per heavy atom. The summed E-state index contributed by atoms with van der Waals surface area (Å²) in [5, 5.41) is 0. The molecule has 0 radical (unpaired) electrons. The van der Waals surface area contributed by atoms with Crippen molar-refractivity contribution < 1.29 is 17.9 Å². The van der Waals surface area contributed by atoms with Gasteiger partial charge in [-0.15, -0.1) is 0 Å². The van der Waals surface area contributed by atoms with Crippen LogP contribution < -0.4 is 5.73 Å². The van der Waals surface area contributed by atoms with Crippen molar-refractivity contribution in [2.45, 2.75) is 0 Å². The minimum Gasteiger partial charge on any atom is -0.371 e. The average Bonchev–Trinajstić information content (AvgIpc) is 1.90. The van der Waals surface area contributed by atoms with Gasteiger partial charge in [-0.3, -0.25) is 4.79 Å². The number of hydrogen-bond donors (Lipinski definition) is 1. The van der Waals surface area contributed by atoms with Gasteiger partial charge in [0.1, 0.15) is 6.61 Å². The monoisotopic (exact) mass is 222 g/mol. The Balaban J connectivity index is 2.14. The highest BCUT2D eigenvalue weighted by atomic mass is 32.2. The van der Waals surface area contributed by atoms with Crippen LogP contribution in [0.25, 0.3) is 0 Å². The maximum atomic E-state index is 11.0. The Hall–Kier alpha value is -0.660. The highest BCUT2D eigenvalue weighted by molar-refractivity contribution is 7.88. The fraction of sp³-hybridized carbons (Fsp3) is 0.857. The van der Waals surface area contributed by atoms with Crippen LogP contribution in [-0.2, 0) is 19.6 Å². The molecule has 0 saturated carbocycles. The van der Waals surface area contributed by atoms with Crippen LogP contribution in [0.4, 0.5) is 0 Å². The van der Waals surface area contributed by atoms with E-state index in [0.717, 1.165) is 0 Å². The van der Waals surface area contributed by atoms with Gasteiger partial charge in [-0.2, -0.15) is 0 Å². The summed E-state index contributed by atoms with van der Waals surface area (Å²) in [7, 11) is -3.05. The molecule has 0 aromatic heterocycles. The maximum absolute atomic E-state index is 11.0. The zero-order valence-electron chi connectivity index (χ0n) is 7.97. The molecule has 0 aromatic carbocycles. The summed E-state index contributed by atoms with van der Waals surface area (Å²) in [5.74, 6) is -0.326. The van der Waals surface area contributed by atoms with Crippen LogP contribution in [-0.4, -0.2) is 51.2 Å². The Morgan fingerprint density at radius 1 is 1.57 bits per heavy atom. The summed E-state index contributed by atoms with van der Waals surface area (Å²) in [6.07, 6.45) is 1.17. The highest BCUT2D eigenvalue weighted by Crippen LogP contribution is 2.18. The third-order valence-corrected chi connectivity index (χ3v) is 3.23. The van der Waals surface area contributed by atoms with E-state index >= 15 is 0 Å². The van der Waals surface area contributed by atoms with E-state index in [-0.39, 0.29) is 12.5 Å². The van der Waals surface area contributed by atoms with Gasteiger partial charge in [0.05, 0.1) is 12.9 Å². The second-order valence-electron chi connectivity index (χ2n) is 3.43. The smallest absolute Gasteiger partial charge is 0.243 e. The zero-order valence-corrected chi connectivity index (χ0v) is 8.79. The number of hydrogen-bond acceptors (Lipinski definition) is 4. The molecule has 1 aliphatic heterocycles. The lowest BCUT2D eigenvalue weighted by molar-refractivity contribution is -0.123. The molecule has 0 aliphatic carbocycles. The molecule has 2 N–H and O–H groups in total. The first-order valence-corrected chi connectivity index (χ1v) is 6.05. The van der Waals surface area contributed by atoms with Gasteiger partial charge < -0.3 is 10.5 Å². The number of sulfonamides is 1. The van der Waals surface area contributed by atoms with Crippen LogP contribution in [0.1, 0.15) is 0 Å². The van der Waals surface area contributed by atoms with Crippen LogP contribution in [0.15, 0.2) is 0 Å². The summed E-state index contributed by atoms with van der Waals surface area (Å²) >= 11 is 0. The predicted molar refractivity (Wildman–Crippen MR) is 49.9 cm³/mol. The molecule has 0 atom stereocenters. The lowest BCUT2D eigenvalue weighted by Crippen LogP contribution is -2.51. The zero-order chi connectivity index (χ0) is 10.8. The minimum absolute atomic E-state index is 0.102. The van der Waals surface area contributed by atoms with Gasteiger partial charge in [-0.1, -0.05) is 0 Å². The minimum atomic E-state index is -3.05. The Bertz CT molecular complexity index is 308. The second kappa shape index (κ2) is 4.24. The molecule has 6 nitrogen and oxygen atoms in total. The van der Waals surface area contributed by atoms with Gasteiger partial charge in [-0.25, -0.2) is 12.7 Å². The number of ether oxygens (including phenoxy) is 1. The SMILES string of the molecule is CS(=O)(=O)N1CC(COCC(N)=O)C1. The van der Waals surface area contributed by atoms with Gasteiger partial charge in [-0.05, 0) is 0 Å². The van der Waals surface area contributed by atoms with Crippen LogP contribution in [0.5, 0.6) is 0 Å². The van der Waals surface area contributed by atoms with E-state index in [1.165, 1.54) is 10.6 Å². The van der Waals surface area contributed by atoms with E-state index in [9.17, 15) is 13.2 Å². The Morgan fingerprint density at radius 3 is 2.57 bits per heavy atom. The lowest BCUT2D eigenvalue weighted by atomic mass is 10.1. The van der Waals surface area contributed by atoms with Gasteiger partial charge in [0.15, 0.2) is 0 Å². The average molecular weight is 222 g/mol. The van der Waals surface area contributed by atoms with Gasteiger partial charge in [0.25, 0.3) is 0 Å². The van der Waals surface area contributed by atoms with Crippen LogP contribution in [0.2, 0.25) is 0 Å². The van der Waals surface area contributed by atoms with Gasteiger partial charge in [0.2, 0.25) is 15.9 Å². The Labute approximate surface area is 83.1 Å². The first kappa shape index (κ1) is 11.4. The summed E-state index contributed by atoms with van der Waals surface area (Å²) in [4.78, 5) is 10.3. The first-order valence-electron chi connectivity index (χ1n) is 4.21. The molecule has 0 bridgehead atoms. The van der Waals surface area contributed by atoms with Crippen molar-refractivity contribution in [3.8, 4) is 0 Å². The highest BCUT2D eigenvalue weighted by Gasteiger charge is 2.32. The molecule has 1 fully saturated rings. The number of primary amides is 1. The van der Waals surface area contributed by atoms with Crippen molar-refractivity contribution in [1.29, 1.82) is 0 Å². The lowest BCUT2D eigenvalue weighted by Gasteiger charge is -2.36. The molecular formula is C7H14N2O4S. The van der Waals surface area contributed by atoms with Crippen molar-refractivity contribution in [3.05, 3.63) is 0 Å². The van der Waals surface area contributed by atoms with E-state index in [0.29, 0.717) is 19.7 Å².